The van der Waals surface area contributed by atoms with Gasteiger partial charge in [-0.15, -0.1) is 0 Å². The van der Waals surface area contributed by atoms with Crippen LogP contribution in [0.5, 0.6) is 0 Å². The first-order valence-electron chi connectivity index (χ1n) is 7.22. The molecule has 0 aliphatic heterocycles. The monoisotopic (exact) mass is 290 g/mol. The fraction of sp³-hybridized carbons (Fsp3) is 0.467. The smallest absolute Gasteiger partial charge is 0.319 e. The standard InChI is InChI=1S/C15H22N4O2/c1-10(14(20)17-9-13(16)11-7-8-11)18-15(21)19-12-5-3-2-4-6-12/h2-6,10-11,13H,7-9,16H2,1H3,(H,17,20)(H2,18,19,21). The number of carbonyl (C=O) groups excluding carboxylic acids is 2. The highest BCUT2D eigenvalue weighted by Gasteiger charge is 2.28. The van der Waals surface area contributed by atoms with Crippen LogP contribution in [-0.2, 0) is 4.79 Å². The number of urea groups is 1. The average molecular weight is 290 g/mol. The molecule has 1 aromatic rings. The van der Waals surface area contributed by atoms with E-state index < -0.39 is 12.1 Å². The summed E-state index contributed by atoms with van der Waals surface area (Å²) in [6.45, 7) is 2.10. The van der Waals surface area contributed by atoms with Gasteiger partial charge < -0.3 is 21.7 Å². The summed E-state index contributed by atoms with van der Waals surface area (Å²) in [6.07, 6.45) is 2.29. The van der Waals surface area contributed by atoms with Crippen molar-refractivity contribution in [3.8, 4) is 0 Å². The van der Waals surface area contributed by atoms with Crippen molar-refractivity contribution in [2.75, 3.05) is 11.9 Å². The minimum absolute atomic E-state index is 0.0132. The molecule has 3 amide bonds. The maximum Gasteiger partial charge on any atom is 0.319 e. The summed E-state index contributed by atoms with van der Waals surface area (Å²) in [5.74, 6) is 0.309. The van der Waals surface area contributed by atoms with Gasteiger partial charge in [0.25, 0.3) is 0 Å². The minimum atomic E-state index is -0.611. The largest absolute Gasteiger partial charge is 0.353 e. The Bertz CT molecular complexity index is 488. The van der Waals surface area contributed by atoms with E-state index in [0.717, 1.165) is 12.8 Å². The van der Waals surface area contributed by atoms with Gasteiger partial charge in [-0.1, -0.05) is 18.2 Å². The lowest BCUT2D eigenvalue weighted by atomic mass is 10.2. The average Bonchev–Trinajstić information content (AvgIpc) is 3.29. The van der Waals surface area contributed by atoms with Crippen molar-refractivity contribution < 1.29 is 9.59 Å². The Morgan fingerprint density at radius 2 is 1.95 bits per heavy atom. The van der Waals surface area contributed by atoms with Gasteiger partial charge >= 0.3 is 6.03 Å². The third-order valence-electron chi connectivity index (χ3n) is 3.51. The van der Waals surface area contributed by atoms with Crippen LogP contribution < -0.4 is 21.7 Å². The molecule has 0 heterocycles. The first kappa shape index (κ1) is 15.3. The Morgan fingerprint density at radius 3 is 2.57 bits per heavy atom. The molecule has 6 nitrogen and oxygen atoms in total. The zero-order valence-electron chi connectivity index (χ0n) is 12.1. The topological polar surface area (TPSA) is 96.2 Å². The maximum atomic E-state index is 11.9. The van der Waals surface area contributed by atoms with Crippen LogP contribution in [0.25, 0.3) is 0 Å². The molecule has 5 N–H and O–H groups in total. The Morgan fingerprint density at radius 1 is 1.29 bits per heavy atom. The van der Waals surface area contributed by atoms with E-state index in [0.29, 0.717) is 18.2 Å². The van der Waals surface area contributed by atoms with Gasteiger partial charge in [0, 0.05) is 18.3 Å². The summed E-state index contributed by atoms with van der Waals surface area (Å²) in [5, 5.41) is 8.03. The second-order valence-electron chi connectivity index (χ2n) is 5.43. The first-order valence-corrected chi connectivity index (χ1v) is 7.22. The molecule has 2 unspecified atom stereocenters. The van der Waals surface area contributed by atoms with Gasteiger partial charge in [0.15, 0.2) is 0 Å². The van der Waals surface area contributed by atoms with E-state index in [-0.39, 0.29) is 11.9 Å². The van der Waals surface area contributed by atoms with E-state index in [1.165, 1.54) is 0 Å². The zero-order valence-corrected chi connectivity index (χ0v) is 12.1. The molecular weight excluding hydrogens is 268 g/mol. The molecule has 1 aliphatic rings. The van der Waals surface area contributed by atoms with Crippen LogP contribution in [-0.4, -0.2) is 30.6 Å². The molecule has 2 rings (SSSR count). The summed E-state index contributed by atoms with van der Waals surface area (Å²) in [5.41, 5.74) is 6.60. The number of carbonyl (C=O) groups is 2. The van der Waals surface area contributed by atoms with E-state index in [9.17, 15) is 9.59 Å². The number of hydrogen-bond donors (Lipinski definition) is 4. The molecule has 1 saturated carbocycles. The molecule has 0 spiro atoms. The van der Waals surface area contributed by atoms with Crippen LogP contribution in [0.2, 0.25) is 0 Å². The molecule has 6 heteroatoms. The lowest BCUT2D eigenvalue weighted by Gasteiger charge is -2.17. The quantitative estimate of drug-likeness (QED) is 0.630. The number of para-hydroxylation sites is 1. The minimum Gasteiger partial charge on any atom is -0.353 e. The summed E-state index contributed by atoms with van der Waals surface area (Å²) in [6, 6.07) is 8.06. The Labute approximate surface area is 124 Å². The number of hydrogen-bond acceptors (Lipinski definition) is 3. The van der Waals surface area contributed by atoms with E-state index in [1.807, 2.05) is 18.2 Å². The zero-order chi connectivity index (χ0) is 15.2. The predicted octanol–water partition coefficient (Wildman–Crippen LogP) is 1.05. The Hall–Kier alpha value is -2.08. The second-order valence-corrected chi connectivity index (χ2v) is 5.43. The molecule has 0 aromatic heterocycles. The number of nitrogens with one attached hydrogen (secondary N) is 3. The van der Waals surface area contributed by atoms with Gasteiger partial charge in [-0.3, -0.25) is 4.79 Å². The number of nitrogens with two attached hydrogens (primary N) is 1. The van der Waals surface area contributed by atoms with Crippen molar-refractivity contribution in [3.05, 3.63) is 30.3 Å². The Balaban J connectivity index is 1.70. The van der Waals surface area contributed by atoms with Crippen molar-refractivity contribution in [2.45, 2.75) is 31.8 Å². The van der Waals surface area contributed by atoms with E-state index in [4.69, 9.17) is 5.73 Å². The SMILES string of the molecule is CC(NC(=O)Nc1ccccc1)C(=O)NCC(N)C1CC1. The molecule has 2 atom stereocenters. The van der Waals surface area contributed by atoms with E-state index in [2.05, 4.69) is 16.0 Å². The van der Waals surface area contributed by atoms with Crippen LogP contribution in [0.4, 0.5) is 10.5 Å². The van der Waals surface area contributed by atoms with Crippen molar-refractivity contribution >= 4 is 17.6 Å². The van der Waals surface area contributed by atoms with E-state index in [1.54, 1.807) is 19.1 Å². The molecule has 1 aliphatic carbocycles. The van der Waals surface area contributed by atoms with Crippen molar-refractivity contribution in [3.63, 3.8) is 0 Å². The number of rotatable bonds is 6. The molecule has 1 aromatic carbocycles. The van der Waals surface area contributed by atoms with Gasteiger partial charge in [0.2, 0.25) is 5.91 Å². The lowest BCUT2D eigenvalue weighted by Crippen LogP contribution is -2.49. The number of benzene rings is 1. The highest BCUT2D eigenvalue weighted by molar-refractivity contribution is 5.93. The third-order valence-corrected chi connectivity index (χ3v) is 3.51. The molecule has 0 bridgehead atoms. The van der Waals surface area contributed by atoms with Crippen molar-refractivity contribution in [2.24, 2.45) is 11.7 Å². The maximum absolute atomic E-state index is 11.9. The van der Waals surface area contributed by atoms with Crippen LogP contribution in [0.15, 0.2) is 30.3 Å². The van der Waals surface area contributed by atoms with Gasteiger partial charge in [-0.05, 0) is 37.8 Å². The van der Waals surface area contributed by atoms with Gasteiger partial charge in [-0.25, -0.2) is 4.79 Å². The molecule has 0 radical (unpaired) electrons. The Kier molecular flexibility index (Phi) is 5.16. The van der Waals surface area contributed by atoms with Crippen molar-refractivity contribution in [1.29, 1.82) is 0 Å². The fourth-order valence-corrected chi connectivity index (χ4v) is 2.01. The first-order chi connectivity index (χ1) is 10.1. The van der Waals surface area contributed by atoms with Crippen LogP contribution in [0.1, 0.15) is 19.8 Å². The second kappa shape index (κ2) is 7.08. The van der Waals surface area contributed by atoms with Crippen molar-refractivity contribution in [1.82, 2.24) is 10.6 Å². The summed E-state index contributed by atoms with van der Waals surface area (Å²) < 4.78 is 0. The third kappa shape index (κ3) is 5.07. The highest BCUT2D eigenvalue weighted by Crippen LogP contribution is 2.31. The van der Waals surface area contributed by atoms with Crippen LogP contribution >= 0.6 is 0 Å². The van der Waals surface area contributed by atoms with Crippen LogP contribution in [0.3, 0.4) is 0 Å². The molecule has 1 fully saturated rings. The summed E-state index contributed by atoms with van der Waals surface area (Å²) in [7, 11) is 0. The summed E-state index contributed by atoms with van der Waals surface area (Å²) >= 11 is 0. The predicted molar refractivity (Wildman–Crippen MR) is 81.8 cm³/mol. The number of anilines is 1. The lowest BCUT2D eigenvalue weighted by molar-refractivity contribution is -0.122. The van der Waals surface area contributed by atoms with Gasteiger partial charge in [0.1, 0.15) is 6.04 Å². The molecular formula is C15H22N4O2. The summed E-state index contributed by atoms with van der Waals surface area (Å²) in [4.78, 5) is 23.6. The molecule has 21 heavy (non-hydrogen) atoms. The fourth-order valence-electron chi connectivity index (χ4n) is 2.01. The van der Waals surface area contributed by atoms with Gasteiger partial charge in [0.05, 0.1) is 0 Å². The normalized spacial score (nSPS) is 16.7. The number of amides is 3. The molecule has 114 valence electrons. The van der Waals surface area contributed by atoms with Gasteiger partial charge in [-0.2, -0.15) is 0 Å². The molecule has 0 saturated heterocycles. The van der Waals surface area contributed by atoms with E-state index >= 15 is 0 Å². The van der Waals surface area contributed by atoms with Crippen LogP contribution in [0, 0.1) is 5.92 Å². The highest BCUT2D eigenvalue weighted by atomic mass is 16.2.